The van der Waals surface area contributed by atoms with E-state index in [4.69, 9.17) is 11.6 Å². The minimum absolute atomic E-state index is 0.147. The first-order valence-electron chi connectivity index (χ1n) is 6.07. The molecule has 0 spiro atoms. The van der Waals surface area contributed by atoms with Gasteiger partial charge in [0.15, 0.2) is 0 Å². The lowest BCUT2D eigenvalue weighted by Crippen LogP contribution is -2.29. The minimum atomic E-state index is 0.147. The number of nitrogens with zero attached hydrogens (tertiary/aromatic N) is 1. The van der Waals surface area contributed by atoms with Crippen molar-refractivity contribution >= 4 is 11.6 Å². The Morgan fingerprint density at radius 1 is 1.29 bits per heavy atom. The SMILES string of the molecule is CC(C)CC(C)N(C)Cc1ccc(O)c(Cl)c1. The van der Waals surface area contributed by atoms with Crippen LogP contribution in [0.3, 0.4) is 0 Å². The van der Waals surface area contributed by atoms with Gasteiger partial charge in [-0.3, -0.25) is 4.90 Å². The van der Waals surface area contributed by atoms with Crippen LogP contribution in [0.1, 0.15) is 32.8 Å². The van der Waals surface area contributed by atoms with Crippen LogP contribution in [0.2, 0.25) is 5.02 Å². The first kappa shape index (κ1) is 14.3. The van der Waals surface area contributed by atoms with Crippen LogP contribution in [0.4, 0.5) is 0 Å². The monoisotopic (exact) mass is 255 g/mol. The maximum absolute atomic E-state index is 9.36. The van der Waals surface area contributed by atoms with Gasteiger partial charge in [-0.1, -0.05) is 31.5 Å². The van der Waals surface area contributed by atoms with Crippen molar-refractivity contribution in [1.82, 2.24) is 4.90 Å². The summed E-state index contributed by atoms with van der Waals surface area (Å²) in [4.78, 5) is 2.31. The highest BCUT2D eigenvalue weighted by Gasteiger charge is 2.11. The van der Waals surface area contributed by atoms with E-state index in [1.54, 1.807) is 6.07 Å². The highest BCUT2D eigenvalue weighted by Crippen LogP contribution is 2.24. The fraction of sp³-hybridized carbons (Fsp3) is 0.571. The number of hydrogen-bond donors (Lipinski definition) is 1. The van der Waals surface area contributed by atoms with E-state index in [9.17, 15) is 5.11 Å². The number of rotatable bonds is 5. The quantitative estimate of drug-likeness (QED) is 0.862. The summed E-state index contributed by atoms with van der Waals surface area (Å²) in [6, 6.07) is 5.94. The largest absolute Gasteiger partial charge is 0.506 e. The molecule has 1 unspecified atom stereocenters. The normalized spacial score (nSPS) is 13.4. The third-order valence-corrected chi connectivity index (χ3v) is 3.31. The van der Waals surface area contributed by atoms with Crippen molar-refractivity contribution in [2.45, 2.75) is 39.8 Å². The molecule has 1 rings (SSSR count). The Labute approximate surface area is 109 Å². The summed E-state index contributed by atoms with van der Waals surface area (Å²) in [5.41, 5.74) is 1.13. The number of phenolic OH excluding ortho intramolecular Hbond substituents is 1. The average Bonchev–Trinajstić information content (AvgIpc) is 2.22. The van der Waals surface area contributed by atoms with Crippen molar-refractivity contribution in [1.29, 1.82) is 0 Å². The molecule has 17 heavy (non-hydrogen) atoms. The molecule has 1 aromatic carbocycles. The molecule has 0 fully saturated rings. The highest BCUT2D eigenvalue weighted by molar-refractivity contribution is 6.32. The van der Waals surface area contributed by atoms with Gasteiger partial charge in [-0.05, 0) is 44.0 Å². The molecule has 0 aliphatic rings. The van der Waals surface area contributed by atoms with Gasteiger partial charge in [0.2, 0.25) is 0 Å². The summed E-state index contributed by atoms with van der Waals surface area (Å²) in [6.45, 7) is 7.57. The van der Waals surface area contributed by atoms with Crippen LogP contribution in [-0.4, -0.2) is 23.1 Å². The van der Waals surface area contributed by atoms with Crippen molar-refractivity contribution in [3.8, 4) is 5.75 Å². The molecule has 0 saturated carbocycles. The van der Waals surface area contributed by atoms with Crippen LogP contribution in [0.5, 0.6) is 5.75 Å². The zero-order chi connectivity index (χ0) is 13.0. The summed E-state index contributed by atoms with van der Waals surface area (Å²) in [6.07, 6.45) is 1.18. The minimum Gasteiger partial charge on any atom is -0.506 e. The Balaban J connectivity index is 2.61. The van der Waals surface area contributed by atoms with Crippen LogP contribution < -0.4 is 0 Å². The second-order valence-electron chi connectivity index (χ2n) is 5.18. The Morgan fingerprint density at radius 2 is 1.94 bits per heavy atom. The molecule has 0 bridgehead atoms. The van der Waals surface area contributed by atoms with Gasteiger partial charge >= 0.3 is 0 Å². The Hall–Kier alpha value is -0.730. The summed E-state index contributed by atoms with van der Waals surface area (Å²) in [5, 5.41) is 9.78. The Kier molecular flexibility index (Phi) is 5.29. The fourth-order valence-corrected chi connectivity index (χ4v) is 2.16. The van der Waals surface area contributed by atoms with E-state index in [0.29, 0.717) is 17.0 Å². The smallest absolute Gasteiger partial charge is 0.134 e. The molecule has 1 N–H and O–H groups in total. The van der Waals surface area contributed by atoms with Crippen LogP contribution in [-0.2, 0) is 6.54 Å². The summed E-state index contributed by atoms with van der Waals surface area (Å²) < 4.78 is 0. The van der Waals surface area contributed by atoms with E-state index in [2.05, 4.69) is 32.7 Å². The zero-order valence-corrected chi connectivity index (χ0v) is 11.8. The Morgan fingerprint density at radius 3 is 2.47 bits per heavy atom. The summed E-state index contributed by atoms with van der Waals surface area (Å²) >= 11 is 5.89. The molecule has 3 heteroatoms. The third kappa shape index (κ3) is 4.57. The van der Waals surface area contributed by atoms with Crippen molar-refractivity contribution in [2.75, 3.05) is 7.05 Å². The molecule has 0 saturated heterocycles. The van der Waals surface area contributed by atoms with Crippen LogP contribution in [0.15, 0.2) is 18.2 Å². The molecule has 1 atom stereocenters. The third-order valence-electron chi connectivity index (χ3n) is 3.01. The van der Waals surface area contributed by atoms with E-state index in [1.807, 2.05) is 12.1 Å². The van der Waals surface area contributed by atoms with Gasteiger partial charge in [-0.2, -0.15) is 0 Å². The number of halogens is 1. The van der Waals surface area contributed by atoms with Crippen molar-refractivity contribution in [2.24, 2.45) is 5.92 Å². The van der Waals surface area contributed by atoms with E-state index in [0.717, 1.165) is 12.1 Å². The maximum atomic E-state index is 9.36. The van der Waals surface area contributed by atoms with Crippen molar-refractivity contribution in [3.63, 3.8) is 0 Å². The lowest BCUT2D eigenvalue weighted by molar-refractivity contribution is 0.220. The lowest BCUT2D eigenvalue weighted by atomic mass is 10.0. The van der Waals surface area contributed by atoms with E-state index >= 15 is 0 Å². The second-order valence-corrected chi connectivity index (χ2v) is 5.59. The molecule has 0 radical (unpaired) electrons. The first-order chi connectivity index (χ1) is 7.90. The standard InChI is InChI=1S/C14H22ClNO/c1-10(2)7-11(3)16(4)9-12-5-6-14(17)13(15)8-12/h5-6,8,10-11,17H,7,9H2,1-4H3. The number of phenols is 1. The molecule has 96 valence electrons. The molecule has 0 amide bonds. The van der Waals surface area contributed by atoms with Crippen LogP contribution in [0, 0.1) is 5.92 Å². The van der Waals surface area contributed by atoms with Gasteiger partial charge in [-0.15, -0.1) is 0 Å². The second kappa shape index (κ2) is 6.27. The molecule has 1 aromatic rings. The first-order valence-corrected chi connectivity index (χ1v) is 6.45. The Bertz CT molecular complexity index is 365. The average molecular weight is 256 g/mol. The number of aromatic hydroxyl groups is 1. The number of benzene rings is 1. The van der Waals surface area contributed by atoms with Gasteiger partial charge in [0.25, 0.3) is 0 Å². The predicted molar refractivity (Wildman–Crippen MR) is 73.5 cm³/mol. The topological polar surface area (TPSA) is 23.5 Å². The van der Waals surface area contributed by atoms with E-state index in [-0.39, 0.29) is 5.75 Å². The summed E-state index contributed by atoms with van der Waals surface area (Å²) in [7, 11) is 2.12. The molecule has 0 aromatic heterocycles. The predicted octanol–water partition coefficient (Wildman–Crippen LogP) is 3.91. The lowest BCUT2D eigenvalue weighted by Gasteiger charge is -2.26. The molecule has 2 nitrogen and oxygen atoms in total. The number of hydrogen-bond acceptors (Lipinski definition) is 2. The molecule has 0 heterocycles. The fourth-order valence-electron chi connectivity index (χ4n) is 1.95. The maximum Gasteiger partial charge on any atom is 0.134 e. The van der Waals surface area contributed by atoms with E-state index < -0.39 is 0 Å². The van der Waals surface area contributed by atoms with Gasteiger partial charge in [0.05, 0.1) is 5.02 Å². The zero-order valence-electron chi connectivity index (χ0n) is 11.1. The van der Waals surface area contributed by atoms with Crippen molar-refractivity contribution in [3.05, 3.63) is 28.8 Å². The molecule has 0 aliphatic carbocycles. The highest BCUT2D eigenvalue weighted by atomic mass is 35.5. The van der Waals surface area contributed by atoms with Crippen molar-refractivity contribution < 1.29 is 5.11 Å². The molecular weight excluding hydrogens is 234 g/mol. The summed E-state index contributed by atoms with van der Waals surface area (Å²) in [5.74, 6) is 0.851. The molecular formula is C14H22ClNO. The van der Waals surface area contributed by atoms with Gasteiger partial charge < -0.3 is 5.11 Å². The van der Waals surface area contributed by atoms with E-state index in [1.165, 1.54) is 6.42 Å². The van der Waals surface area contributed by atoms with Gasteiger partial charge in [-0.25, -0.2) is 0 Å². The van der Waals surface area contributed by atoms with Gasteiger partial charge in [0, 0.05) is 12.6 Å². The van der Waals surface area contributed by atoms with Gasteiger partial charge in [0.1, 0.15) is 5.75 Å². The molecule has 0 aliphatic heterocycles. The van der Waals surface area contributed by atoms with Crippen LogP contribution in [0.25, 0.3) is 0 Å². The van der Waals surface area contributed by atoms with Crippen LogP contribution >= 0.6 is 11.6 Å².